The Labute approximate surface area is 296 Å². The van der Waals surface area contributed by atoms with E-state index >= 15 is 0 Å². The van der Waals surface area contributed by atoms with Gasteiger partial charge in [-0.3, -0.25) is 9.59 Å². The lowest BCUT2D eigenvalue weighted by atomic mass is 9.99. The van der Waals surface area contributed by atoms with Crippen molar-refractivity contribution in [2.24, 2.45) is 0 Å². The number of halogens is 2. The highest BCUT2D eigenvalue weighted by molar-refractivity contribution is 8.00. The van der Waals surface area contributed by atoms with E-state index in [-0.39, 0.29) is 40.4 Å². The third kappa shape index (κ3) is 8.35. The SMILES string of the molecule is O=C(CSc1nc2ccc(Cl)cc2[nH]1)Nc1ccc(Cc2ccc(NC(=O)CSc3nc4ccc(Cl)cc4[nH]3)c(C(=O)O)c2)cc1C(=O)O. The molecule has 4 aromatic carbocycles. The lowest BCUT2D eigenvalue weighted by Gasteiger charge is -2.12. The summed E-state index contributed by atoms with van der Waals surface area (Å²) in [5.41, 5.74) is 4.00. The number of H-pyrrole nitrogens is 2. The fourth-order valence-corrected chi connectivity index (χ4v) is 6.62. The van der Waals surface area contributed by atoms with Crippen LogP contribution < -0.4 is 10.6 Å². The molecule has 49 heavy (non-hydrogen) atoms. The summed E-state index contributed by atoms with van der Waals surface area (Å²) in [5.74, 6) is -3.39. The largest absolute Gasteiger partial charge is 0.478 e. The van der Waals surface area contributed by atoms with Crippen molar-refractivity contribution in [2.75, 3.05) is 22.1 Å². The van der Waals surface area contributed by atoms with Gasteiger partial charge in [-0.25, -0.2) is 19.6 Å². The van der Waals surface area contributed by atoms with Gasteiger partial charge in [-0.15, -0.1) is 0 Å². The molecular weight excluding hydrogens is 711 g/mol. The van der Waals surface area contributed by atoms with Gasteiger partial charge < -0.3 is 30.8 Å². The summed E-state index contributed by atoms with van der Waals surface area (Å²) < 4.78 is 0. The van der Waals surface area contributed by atoms with Crippen LogP contribution in [0.4, 0.5) is 11.4 Å². The van der Waals surface area contributed by atoms with Gasteiger partial charge in [-0.1, -0.05) is 58.9 Å². The third-order valence-electron chi connectivity index (χ3n) is 7.11. The molecule has 0 radical (unpaired) electrons. The zero-order chi connectivity index (χ0) is 34.7. The fraction of sp³-hybridized carbons (Fsp3) is 0.0909. The standard InChI is InChI=1S/C33H24Cl2N6O6S2/c34-18-3-7-24-26(12-18)40-32(38-24)48-14-28(42)36-22-5-1-16(10-20(22)30(44)45)9-17-2-6-23(21(11-17)31(46)47)37-29(43)15-49-33-39-25-8-4-19(35)13-27(25)41-33/h1-8,10-13H,9,14-15H2,(H,36,42)(H,37,43)(H,38,40)(H,39,41)(H,44,45)(H,46,47). The van der Waals surface area contributed by atoms with Crippen LogP contribution in [0, 0.1) is 0 Å². The predicted octanol–water partition coefficient (Wildman–Crippen LogP) is 7.19. The number of imidazole rings is 2. The van der Waals surface area contributed by atoms with Crippen LogP contribution in [-0.4, -0.2) is 65.4 Å². The number of carboxylic acids is 2. The van der Waals surface area contributed by atoms with Crippen molar-refractivity contribution in [3.63, 3.8) is 0 Å². The smallest absolute Gasteiger partial charge is 0.337 e. The summed E-state index contributed by atoms with van der Waals surface area (Å²) >= 11 is 14.3. The van der Waals surface area contributed by atoms with E-state index in [0.29, 0.717) is 42.5 Å². The second kappa shape index (κ2) is 14.6. The number of thioether (sulfide) groups is 2. The van der Waals surface area contributed by atoms with E-state index in [1.54, 1.807) is 48.5 Å². The monoisotopic (exact) mass is 734 g/mol. The van der Waals surface area contributed by atoms with Crippen LogP contribution in [0.15, 0.2) is 83.1 Å². The van der Waals surface area contributed by atoms with Crippen LogP contribution >= 0.6 is 46.7 Å². The number of hydrogen-bond donors (Lipinski definition) is 6. The lowest BCUT2D eigenvalue weighted by molar-refractivity contribution is -0.114. The molecule has 2 aromatic heterocycles. The molecule has 0 saturated heterocycles. The van der Waals surface area contributed by atoms with E-state index in [4.69, 9.17) is 23.2 Å². The van der Waals surface area contributed by atoms with Crippen molar-refractivity contribution in [1.82, 2.24) is 19.9 Å². The first-order valence-corrected chi connectivity index (χ1v) is 17.1. The molecule has 0 spiro atoms. The van der Waals surface area contributed by atoms with Gasteiger partial charge in [0, 0.05) is 10.0 Å². The molecule has 6 aromatic rings. The Kier molecular flexibility index (Phi) is 10.1. The van der Waals surface area contributed by atoms with Gasteiger partial charge >= 0.3 is 11.9 Å². The Morgan fingerprint density at radius 1 is 0.633 bits per heavy atom. The number of nitrogens with one attached hydrogen (secondary N) is 4. The summed E-state index contributed by atoms with van der Waals surface area (Å²) in [6.45, 7) is 0. The van der Waals surface area contributed by atoms with Crippen LogP contribution in [0.2, 0.25) is 10.0 Å². The summed E-state index contributed by atoms with van der Waals surface area (Å²) in [7, 11) is 0. The number of carboxylic acid groups (broad SMARTS) is 2. The first-order valence-electron chi connectivity index (χ1n) is 14.4. The summed E-state index contributed by atoms with van der Waals surface area (Å²) in [4.78, 5) is 64.6. The number of aromatic carboxylic acids is 2. The van der Waals surface area contributed by atoms with Gasteiger partial charge in [0.15, 0.2) is 10.3 Å². The number of anilines is 2. The highest BCUT2D eigenvalue weighted by Crippen LogP contribution is 2.26. The van der Waals surface area contributed by atoms with Gasteiger partial charge in [0.1, 0.15) is 0 Å². The number of amides is 2. The maximum absolute atomic E-state index is 12.7. The average molecular weight is 736 g/mol. The summed E-state index contributed by atoms with van der Waals surface area (Å²) in [6.07, 6.45) is 0.195. The van der Waals surface area contributed by atoms with Crippen LogP contribution in [0.3, 0.4) is 0 Å². The number of fused-ring (bicyclic) bond motifs is 2. The Balaban J connectivity index is 1.08. The average Bonchev–Trinajstić information content (AvgIpc) is 3.66. The van der Waals surface area contributed by atoms with Crippen molar-refractivity contribution in [2.45, 2.75) is 16.7 Å². The lowest BCUT2D eigenvalue weighted by Crippen LogP contribution is -2.17. The van der Waals surface area contributed by atoms with E-state index in [9.17, 15) is 29.4 Å². The van der Waals surface area contributed by atoms with E-state index in [1.807, 2.05) is 0 Å². The van der Waals surface area contributed by atoms with Gasteiger partial charge in [-0.2, -0.15) is 0 Å². The van der Waals surface area contributed by atoms with Gasteiger partial charge in [0.05, 0.1) is 56.1 Å². The van der Waals surface area contributed by atoms with Crippen LogP contribution in [-0.2, 0) is 16.0 Å². The first-order chi connectivity index (χ1) is 23.5. The Morgan fingerprint density at radius 2 is 1.06 bits per heavy atom. The Hall–Kier alpha value is -5.02. The molecule has 2 heterocycles. The van der Waals surface area contributed by atoms with E-state index in [1.165, 1.54) is 24.3 Å². The molecule has 2 amide bonds. The molecule has 0 saturated carbocycles. The normalized spacial score (nSPS) is 11.1. The maximum Gasteiger partial charge on any atom is 0.337 e. The van der Waals surface area contributed by atoms with E-state index in [2.05, 4.69) is 30.6 Å². The molecule has 0 aliphatic rings. The number of benzene rings is 4. The number of rotatable bonds is 12. The highest BCUT2D eigenvalue weighted by atomic mass is 35.5. The van der Waals surface area contributed by atoms with Crippen LogP contribution in [0.1, 0.15) is 31.8 Å². The molecule has 0 aliphatic carbocycles. The minimum atomic E-state index is -1.24. The first kappa shape index (κ1) is 33.9. The Morgan fingerprint density at radius 3 is 1.47 bits per heavy atom. The minimum absolute atomic E-state index is 0.0247. The number of hydrogen-bond acceptors (Lipinski definition) is 8. The zero-order valence-electron chi connectivity index (χ0n) is 25.0. The van der Waals surface area contributed by atoms with Crippen molar-refractivity contribution >= 4 is 104 Å². The molecule has 248 valence electrons. The van der Waals surface area contributed by atoms with E-state index in [0.717, 1.165) is 34.6 Å². The topological polar surface area (TPSA) is 190 Å². The van der Waals surface area contributed by atoms with Crippen molar-refractivity contribution in [3.05, 3.63) is 105 Å². The molecule has 16 heteroatoms. The number of carbonyl (C=O) groups is 4. The molecule has 0 atom stereocenters. The molecule has 12 nitrogen and oxygen atoms in total. The molecule has 6 N–H and O–H groups in total. The predicted molar refractivity (Wildman–Crippen MR) is 191 cm³/mol. The maximum atomic E-state index is 12.7. The summed E-state index contributed by atoms with van der Waals surface area (Å²) in [5, 5.41) is 27.2. The van der Waals surface area contributed by atoms with Crippen LogP contribution in [0.5, 0.6) is 0 Å². The summed E-state index contributed by atoms with van der Waals surface area (Å²) in [6, 6.07) is 19.5. The molecule has 0 aliphatic heterocycles. The minimum Gasteiger partial charge on any atom is -0.478 e. The zero-order valence-corrected chi connectivity index (χ0v) is 28.2. The van der Waals surface area contributed by atoms with Crippen molar-refractivity contribution < 1.29 is 29.4 Å². The highest BCUT2D eigenvalue weighted by Gasteiger charge is 2.18. The van der Waals surface area contributed by atoms with E-state index < -0.39 is 23.8 Å². The van der Waals surface area contributed by atoms with Gasteiger partial charge in [0.2, 0.25) is 11.8 Å². The quantitative estimate of drug-likeness (QED) is 0.0702. The Bertz CT molecular complexity index is 2120. The second-order valence-corrected chi connectivity index (χ2v) is 13.4. The van der Waals surface area contributed by atoms with Gasteiger partial charge in [0.25, 0.3) is 0 Å². The second-order valence-electron chi connectivity index (χ2n) is 10.6. The molecule has 0 fully saturated rings. The number of nitrogens with zero attached hydrogens (tertiary/aromatic N) is 2. The van der Waals surface area contributed by atoms with Crippen LogP contribution in [0.25, 0.3) is 22.1 Å². The number of aromatic nitrogens is 4. The molecule has 0 bridgehead atoms. The van der Waals surface area contributed by atoms with Gasteiger partial charge in [-0.05, 0) is 78.2 Å². The molecular formula is C33H24Cl2N6O6S2. The molecule has 0 unspecified atom stereocenters. The third-order valence-corrected chi connectivity index (χ3v) is 9.33. The molecule has 6 rings (SSSR count). The number of carbonyl (C=O) groups excluding carboxylic acids is 2. The van der Waals surface area contributed by atoms with Crippen molar-refractivity contribution in [3.8, 4) is 0 Å². The number of aromatic amines is 2. The van der Waals surface area contributed by atoms with Crippen molar-refractivity contribution in [1.29, 1.82) is 0 Å². The fourth-order valence-electron chi connectivity index (χ4n) is 4.90.